The van der Waals surface area contributed by atoms with Crippen LogP contribution in [0.4, 0.5) is 10.9 Å². The number of likely N-dealkylation sites (tertiary alicyclic amines) is 1. The molecule has 1 fully saturated rings. The van der Waals surface area contributed by atoms with Gasteiger partial charge in [-0.3, -0.25) is 4.79 Å². The molecule has 0 aliphatic carbocycles. The number of nitrogens with two attached hydrogens (primary N) is 1. The molecule has 1 saturated heterocycles. The van der Waals surface area contributed by atoms with Crippen LogP contribution in [0.3, 0.4) is 0 Å². The summed E-state index contributed by atoms with van der Waals surface area (Å²) in [5.74, 6) is 1.79. The Bertz CT molecular complexity index is 472. The van der Waals surface area contributed by atoms with Crippen molar-refractivity contribution in [3.05, 3.63) is 4.88 Å². The van der Waals surface area contributed by atoms with Gasteiger partial charge in [0.2, 0.25) is 0 Å². The molecule has 1 amide bonds. The van der Waals surface area contributed by atoms with Crippen LogP contribution in [0.1, 0.15) is 42.8 Å². The minimum Gasteiger partial charge on any atom is -0.382 e. The lowest BCUT2D eigenvalue weighted by Crippen LogP contribution is -2.32. The maximum absolute atomic E-state index is 12.6. The largest absolute Gasteiger partial charge is 0.382 e. The van der Waals surface area contributed by atoms with E-state index in [0.29, 0.717) is 21.7 Å². The molecular formula is C14H24N4OS. The van der Waals surface area contributed by atoms with Crippen molar-refractivity contribution < 1.29 is 4.79 Å². The van der Waals surface area contributed by atoms with E-state index in [9.17, 15) is 4.79 Å². The number of anilines is 2. The Morgan fingerprint density at radius 1 is 1.45 bits per heavy atom. The molecule has 0 saturated carbocycles. The molecule has 1 aliphatic rings. The third-order valence-electron chi connectivity index (χ3n) is 4.06. The summed E-state index contributed by atoms with van der Waals surface area (Å²) in [5.41, 5.74) is 5.85. The summed E-state index contributed by atoms with van der Waals surface area (Å²) in [7, 11) is 1.78. The Morgan fingerprint density at radius 2 is 2.20 bits per heavy atom. The first-order valence-electron chi connectivity index (χ1n) is 7.26. The number of hydrogen-bond donors (Lipinski definition) is 2. The molecule has 1 aromatic heterocycles. The van der Waals surface area contributed by atoms with Crippen molar-refractivity contribution in [1.82, 2.24) is 9.88 Å². The van der Waals surface area contributed by atoms with Crippen LogP contribution < -0.4 is 11.1 Å². The average molecular weight is 296 g/mol. The normalized spacial score (nSPS) is 20.0. The van der Waals surface area contributed by atoms with E-state index in [2.05, 4.69) is 24.1 Å². The van der Waals surface area contributed by atoms with Gasteiger partial charge in [-0.1, -0.05) is 25.2 Å². The Kier molecular flexibility index (Phi) is 4.86. The fourth-order valence-electron chi connectivity index (χ4n) is 2.73. The molecule has 2 heterocycles. The molecule has 0 spiro atoms. The second-order valence-corrected chi connectivity index (χ2v) is 6.71. The molecule has 1 aromatic rings. The highest BCUT2D eigenvalue weighted by Crippen LogP contribution is 2.29. The third kappa shape index (κ3) is 3.23. The van der Waals surface area contributed by atoms with Gasteiger partial charge < -0.3 is 16.0 Å². The van der Waals surface area contributed by atoms with Gasteiger partial charge in [0.15, 0.2) is 5.13 Å². The van der Waals surface area contributed by atoms with E-state index in [1.807, 2.05) is 4.90 Å². The summed E-state index contributed by atoms with van der Waals surface area (Å²) in [6.45, 7) is 6.19. The number of thiazole rings is 1. The lowest BCUT2D eigenvalue weighted by molar-refractivity contribution is 0.0764. The molecule has 1 unspecified atom stereocenters. The van der Waals surface area contributed by atoms with Crippen LogP contribution in [0.5, 0.6) is 0 Å². The molecule has 0 aromatic carbocycles. The zero-order chi connectivity index (χ0) is 14.7. The average Bonchev–Trinajstić information content (AvgIpc) is 2.64. The minimum absolute atomic E-state index is 0.0332. The topological polar surface area (TPSA) is 71.2 Å². The smallest absolute Gasteiger partial charge is 0.267 e. The van der Waals surface area contributed by atoms with Crippen LogP contribution >= 0.6 is 11.3 Å². The number of hydrogen-bond acceptors (Lipinski definition) is 5. The molecule has 0 bridgehead atoms. The predicted molar refractivity (Wildman–Crippen MR) is 84.2 cm³/mol. The van der Waals surface area contributed by atoms with Crippen molar-refractivity contribution in [3.8, 4) is 0 Å². The Morgan fingerprint density at radius 3 is 2.80 bits per heavy atom. The predicted octanol–water partition coefficient (Wildman–Crippen LogP) is 2.67. The number of nitrogens with one attached hydrogen (secondary N) is 1. The Hall–Kier alpha value is -1.30. The summed E-state index contributed by atoms with van der Waals surface area (Å²) >= 11 is 1.34. The molecule has 3 N–H and O–H groups in total. The maximum atomic E-state index is 12.6. The number of nitrogens with zero attached hydrogens (tertiary/aromatic N) is 2. The summed E-state index contributed by atoms with van der Waals surface area (Å²) < 4.78 is 0. The third-order valence-corrected chi connectivity index (χ3v) is 5.14. The fourth-order valence-corrected chi connectivity index (χ4v) is 3.53. The van der Waals surface area contributed by atoms with Gasteiger partial charge in [-0.05, 0) is 31.1 Å². The number of carbonyl (C=O) groups excluding carboxylic acids is 1. The van der Waals surface area contributed by atoms with Gasteiger partial charge in [0.05, 0.1) is 0 Å². The summed E-state index contributed by atoms with van der Waals surface area (Å²) in [6.07, 6.45) is 3.37. The molecule has 1 atom stereocenters. The van der Waals surface area contributed by atoms with Gasteiger partial charge in [-0.2, -0.15) is 0 Å². The zero-order valence-corrected chi connectivity index (χ0v) is 13.3. The first-order valence-corrected chi connectivity index (χ1v) is 8.08. The van der Waals surface area contributed by atoms with E-state index < -0.39 is 0 Å². The van der Waals surface area contributed by atoms with Crippen molar-refractivity contribution in [1.29, 1.82) is 0 Å². The number of amides is 1. The Balaban J connectivity index is 2.07. The van der Waals surface area contributed by atoms with Crippen molar-refractivity contribution in [3.63, 3.8) is 0 Å². The van der Waals surface area contributed by atoms with Crippen LogP contribution in [-0.4, -0.2) is 35.9 Å². The Labute approximate surface area is 124 Å². The molecule has 1 aliphatic heterocycles. The first-order chi connectivity index (χ1) is 9.52. The van der Waals surface area contributed by atoms with Gasteiger partial charge >= 0.3 is 0 Å². The van der Waals surface area contributed by atoms with Crippen molar-refractivity contribution in [2.45, 2.75) is 33.1 Å². The number of carbonyl (C=O) groups is 1. The molecule has 112 valence electrons. The van der Waals surface area contributed by atoms with Gasteiger partial charge in [-0.25, -0.2) is 4.98 Å². The first kappa shape index (κ1) is 15.1. The van der Waals surface area contributed by atoms with Crippen molar-refractivity contribution in [2.24, 2.45) is 11.8 Å². The van der Waals surface area contributed by atoms with Crippen molar-refractivity contribution in [2.75, 3.05) is 31.2 Å². The zero-order valence-electron chi connectivity index (χ0n) is 12.5. The number of rotatable bonds is 3. The lowest BCUT2D eigenvalue weighted by atomic mass is 9.89. The summed E-state index contributed by atoms with van der Waals surface area (Å²) in [4.78, 5) is 19.2. The lowest BCUT2D eigenvalue weighted by Gasteiger charge is -2.21. The maximum Gasteiger partial charge on any atom is 0.267 e. The molecule has 2 rings (SSSR count). The van der Waals surface area contributed by atoms with E-state index in [0.717, 1.165) is 31.8 Å². The molecule has 0 radical (unpaired) electrons. The van der Waals surface area contributed by atoms with E-state index in [1.54, 1.807) is 7.05 Å². The highest BCUT2D eigenvalue weighted by atomic mass is 32.1. The summed E-state index contributed by atoms with van der Waals surface area (Å²) in [6, 6.07) is 0. The van der Waals surface area contributed by atoms with Crippen LogP contribution in [0.15, 0.2) is 0 Å². The fraction of sp³-hybridized carbons (Fsp3) is 0.714. The van der Waals surface area contributed by atoms with Gasteiger partial charge in [0, 0.05) is 20.1 Å². The highest BCUT2D eigenvalue weighted by Gasteiger charge is 2.26. The molecule has 20 heavy (non-hydrogen) atoms. The number of nitrogen functional groups attached to an aromatic ring is 1. The van der Waals surface area contributed by atoms with Crippen molar-refractivity contribution >= 4 is 28.2 Å². The highest BCUT2D eigenvalue weighted by molar-refractivity contribution is 7.18. The SMILES string of the molecule is CNc1nc(N)c(C(=O)N2CCCC(C(C)C)CC2)s1. The molecule has 6 heteroatoms. The monoisotopic (exact) mass is 296 g/mol. The van der Waals surface area contributed by atoms with Gasteiger partial charge in [0.1, 0.15) is 10.7 Å². The van der Waals surface area contributed by atoms with Gasteiger partial charge in [0.25, 0.3) is 5.91 Å². The molecular weight excluding hydrogens is 272 g/mol. The minimum atomic E-state index is 0.0332. The van der Waals surface area contributed by atoms with Crippen LogP contribution in [0.2, 0.25) is 0 Å². The van der Waals surface area contributed by atoms with E-state index in [1.165, 1.54) is 17.8 Å². The standard InChI is InChI=1S/C14H24N4OS/c1-9(2)10-5-4-7-18(8-6-10)13(19)11-12(15)17-14(16-3)20-11/h9-10H,4-8,15H2,1-3H3,(H,16,17). The van der Waals surface area contributed by atoms with Crippen LogP contribution in [0, 0.1) is 11.8 Å². The second-order valence-electron chi connectivity index (χ2n) is 5.71. The van der Waals surface area contributed by atoms with Crippen LogP contribution in [-0.2, 0) is 0 Å². The van der Waals surface area contributed by atoms with Gasteiger partial charge in [-0.15, -0.1) is 0 Å². The molecule has 5 nitrogen and oxygen atoms in total. The summed E-state index contributed by atoms with van der Waals surface area (Å²) in [5, 5.41) is 3.63. The van der Waals surface area contributed by atoms with Crippen LogP contribution in [0.25, 0.3) is 0 Å². The second kappa shape index (κ2) is 6.43. The number of aromatic nitrogens is 1. The van der Waals surface area contributed by atoms with E-state index in [4.69, 9.17) is 5.73 Å². The van der Waals surface area contributed by atoms with E-state index in [-0.39, 0.29) is 5.91 Å². The van der Waals surface area contributed by atoms with E-state index >= 15 is 0 Å². The quantitative estimate of drug-likeness (QED) is 0.899.